The summed E-state index contributed by atoms with van der Waals surface area (Å²) in [4.78, 5) is 17.3. The van der Waals surface area contributed by atoms with Crippen LogP contribution in [0.5, 0.6) is 0 Å². The molecule has 0 unspecified atom stereocenters. The second-order valence-corrected chi connectivity index (χ2v) is 6.85. The van der Waals surface area contributed by atoms with E-state index in [1.165, 1.54) is 11.1 Å². The predicted octanol–water partition coefficient (Wildman–Crippen LogP) is 2.53. The lowest BCUT2D eigenvalue weighted by molar-refractivity contribution is -0.136. The van der Waals surface area contributed by atoms with Crippen LogP contribution in [0.25, 0.3) is 0 Å². The van der Waals surface area contributed by atoms with Crippen LogP contribution in [0, 0.1) is 6.92 Å². The third-order valence-corrected chi connectivity index (χ3v) is 5.09. The summed E-state index contributed by atoms with van der Waals surface area (Å²) in [6.45, 7) is 5.12. The Hall–Kier alpha value is -2.14. The van der Waals surface area contributed by atoms with Gasteiger partial charge in [0.15, 0.2) is 0 Å². The Kier molecular flexibility index (Phi) is 4.10. The topological polar surface area (TPSA) is 49.6 Å². The molecular weight excluding hydrogens is 302 g/mol. The molecule has 1 saturated heterocycles. The zero-order chi connectivity index (χ0) is 16.5. The summed E-state index contributed by atoms with van der Waals surface area (Å²) in [5, 5.41) is 4.12. The van der Waals surface area contributed by atoms with Crippen LogP contribution >= 0.6 is 0 Å². The molecule has 0 spiro atoms. The summed E-state index contributed by atoms with van der Waals surface area (Å²) in [6.07, 6.45) is 3.03. The van der Waals surface area contributed by atoms with Gasteiger partial charge in [-0.05, 0) is 37.3 Å². The van der Waals surface area contributed by atoms with Crippen molar-refractivity contribution in [2.75, 3.05) is 13.1 Å². The Morgan fingerprint density at radius 1 is 1.25 bits per heavy atom. The van der Waals surface area contributed by atoms with E-state index >= 15 is 0 Å². The van der Waals surface area contributed by atoms with Gasteiger partial charge < -0.3 is 9.42 Å². The van der Waals surface area contributed by atoms with Gasteiger partial charge in [-0.25, -0.2) is 0 Å². The molecule has 1 aromatic carbocycles. The van der Waals surface area contributed by atoms with Crippen molar-refractivity contribution in [3.8, 4) is 0 Å². The van der Waals surface area contributed by atoms with E-state index in [1.54, 1.807) is 0 Å². The van der Waals surface area contributed by atoms with Gasteiger partial charge in [-0.2, -0.15) is 0 Å². The first kappa shape index (κ1) is 15.4. The highest BCUT2D eigenvalue weighted by Crippen LogP contribution is 2.27. The van der Waals surface area contributed by atoms with Crippen molar-refractivity contribution < 1.29 is 9.32 Å². The lowest BCUT2D eigenvalue weighted by atomic mass is 9.93. The van der Waals surface area contributed by atoms with Crippen LogP contribution in [0.3, 0.4) is 0 Å². The molecule has 0 aliphatic carbocycles. The van der Waals surface area contributed by atoms with Gasteiger partial charge in [0.05, 0.1) is 11.7 Å². The highest BCUT2D eigenvalue weighted by molar-refractivity contribution is 5.82. The quantitative estimate of drug-likeness (QED) is 0.870. The molecule has 5 nitrogen and oxygen atoms in total. The first-order chi connectivity index (χ1) is 11.7. The third-order valence-electron chi connectivity index (χ3n) is 5.09. The van der Waals surface area contributed by atoms with E-state index in [9.17, 15) is 4.79 Å². The van der Waals surface area contributed by atoms with Crippen molar-refractivity contribution in [3.05, 3.63) is 52.9 Å². The fourth-order valence-corrected chi connectivity index (χ4v) is 3.84. The Morgan fingerprint density at radius 2 is 2.00 bits per heavy atom. The van der Waals surface area contributed by atoms with E-state index in [4.69, 9.17) is 4.52 Å². The second kappa shape index (κ2) is 6.40. The molecule has 0 N–H and O–H groups in total. The first-order valence-corrected chi connectivity index (χ1v) is 8.72. The number of benzene rings is 1. The van der Waals surface area contributed by atoms with Crippen LogP contribution in [0.15, 0.2) is 34.9 Å². The minimum absolute atomic E-state index is 0.102. The molecule has 4 rings (SSSR count). The van der Waals surface area contributed by atoms with E-state index in [-0.39, 0.29) is 11.9 Å². The van der Waals surface area contributed by atoms with Gasteiger partial charge in [0.25, 0.3) is 0 Å². The van der Waals surface area contributed by atoms with Crippen LogP contribution < -0.4 is 0 Å². The Morgan fingerprint density at radius 3 is 2.71 bits per heavy atom. The van der Waals surface area contributed by atoms with E-state index < -0.39 is 0 Å². The molecule has 126 valence electrons. The maximum atomic E-state index is 13.1. The molecule has 0 bridgehead atoms. The third kappa shape index (κ3) is 2.96. The van der Waals surface area contributed by atoms with E-state index in [0.29, 0.717) is 6.54 Å². The predicted molar refractivity (Wildman–Crippen MR) is 90.2 cm³/mol. The summed E-state index contributed by atoms with van der Waals surface area (Å²) in [5.74, 6) is 1.08. The van der Waals surface area contributed by atoms with Gasteiger partial charge in [-0.15, -0.1) is 0 Å². The highest BCUT2D eigenvalue weighted by atomic mass is 16.5. The lowest BCUT2D eigenvalue weighted by Crippen LogP contribution is -2.50. The SMILES string of the molecule is Cc1cc(CN2Cc3ccccc3C[C@@H]2C(=O)N2CCCC2)no1. The van der Waals surface area contributed by atoms with E-state index in [2.05, 4.69) is 34.3 Å². The first-order valence-electron chi connectivity index (χ1n) is 8.72. The fraction of sp³-hybridized carbons (Fsp3) is 0.474. The van der Waals surface area contributed by atoms with E-state index in [0.717, 1.165) is 50.4 Å². The molecule has 1 amide bonds. The van der Waals surface area contributed by atoms with Crippen LogP contribution in [0.4, 0.5) is 0 Å². The second-order valence-electron chi connectivity index (χ2n) is 6.85. The maximum absolute atomic E-state index is 13.1. The number of aromatic nitrogens is 1. The molecule has 2 aromatic rings. The van der Waals surface area contributed by atoms with Gasteiger partial charge in [0, 0.05) is 32.2 Å². The molecule has 5 heteroatoms. The van der Waals surface area contributed by atoms with Crippen molar-refractivity contribution in [1.82, 2.24) is 15.0 Å². The monoisotopic (exact) mass is 325 g/mol. The summed E-state index contributed by atoms with van der Waals surface area (Å²) in [6, 6.07) is 10.3. The van der Waals surface area contributed by atoms with E-state index in [1.807, 2.05) is 17.9 Å². The van der Waals surface area contributed by atoms with Gasteiger partial charge in [0.2, 0.25) is 5.91 Å². The molecule has 1 atom stereocenters. The maximum Gasteiger partial charge on any atom is 0.240 e. The number of aryl methyl sites for hydroxylation is 1. The number of nitrogens with zero attached hydrogens (tertiary/aromatic N) is 3. The van der Waals surface area contributed by atoms with Crippen molar-refractivity contribution in [2.24, 2.45) is 0 Å². The standard InChI is InChI=1S/C19H23N3O2/c1-14-10-17(20-24-14)13-22-12-16-7-3-2-6-15(16)11-18(22)19(23)21-8-4-5-9-21/h2-3,6-7,10,18H,4-5,8-9,11-13H2,1H3/t18-/m1/s1. The van der Waals surface area contributed by atoms with Crippen LogP contribution in [-0.4, -0.2) is 40.0 Å². The van der Waals surface area contributed by atoms with Crippen LogP contribution in [-0.2, 0) is 24.3 Å². The molecule has 2 aliphatic heterocycles. The molecule has 0 radical (unpaired) electrons. The normalized spacial score (nSPS) is 21.0. The van der Waals surface area contributed by atoms with Crippen LogP contribution in [0.1, 0.15) is 35.4 Å². The minimum atomic E-state index is -0.102. The average Bonchev–Trinajstić information content (AvgIpc) is 3.25. The van der Waals surface area contributed by atoms with Gasteiger partial charge >= 0.3 is 0 Å². The fourth-order valence-electron chi connectivity index (χ4n) is 3.84. The summed E-state index contributed by atoms with van der Waals surface area (Å²) >= 11 is 0. The van der Waals surface area contributed by atoms with Crippen LogP contribution in [0.2, 0.25) is 0 Å². The van der Waals surface area contributed by atoms with Crippen molar-refractivity contribution in [3.63, 3.8) is 0 Å². The molecular formula is C19H23N3O2. The molecule has 1 aromatic heterocycles. The van der Waals surface area contributed by atoms with Gasteiger partial charge in [-0.3, -0.25) is 9.69 Å². The van der Waals surface area contributed by atoms with Crippen molar-refractivity contribution in [2.45, 2.75) is 45.3 Å². The Balaban J connectivity index is 1.60. The average molecular weight is 325 g/mol. The molecule has 0 saturated carbocycles. The number of amides is 1. The zero-order valence-electron chi connectivity index (χ0n) is 14.1. The molecule has 24 heavy (non-hydrogen) atoms. The number of rotatable bonds is 3. The lowest BCUT2D eigenvalue weighted by Gasteiger charge is -2.37. The largest absolute Gasteiger partial charge is 0.361 e. The number of likely N-dealkylation sites (tertiary alicyclic amines) is 1. The van der Waals surface area contributed by atoms with Gasteiger partial charge in [-0.1, -0.05) is 29.4 Å². The summed E-state index contributed by atoms with van der Waals surface area (Å²) in [7, 11) is 0. The van der Waals surface area contributed by atoms with Gasteiger partial charge in [0.1, 0.15) is 5.76 Å². The number of carbonyl (C=O) groups is 1. The summed E-state index contributed by atoms with van der Waals surface area (Å²) in [5.41, 5.74) is 3.50. The smallest absolute Gasteiger partial charge is 0.240 e. The Bertz CT molecular complexity index is 734. The molecule has 3 heterocycles. The number of fused-ring (bicyclic) bond motifs is 1. The minimum Gasteiger partial charge on any atom is -0.361 e. The zero-order valence-corrected chi connectivity index (χ0v) is 14.1. The van der Waals surface area contributed by atoms with Crippen molar-refractivity contribution in [1.29, 1.82) is 0 Å². The Labute approximate surface area is 142 Å². The number of hydrogen-bond donors (Lipinski definition) is 0. The van der Waals surface area contributed by atoms with Crippen molar-refractivity contribution >= 4 is 5.91 Å². The summed E-state index contributed by atoms with van der Waals surface area (Å²) < 4.78 is 5.20. The molecule has 1 fully saturated rings. The molecule has 2 aliphatic rings. The number of hydrogen-bond acceptors (Lipinski definition) is 4. The highest BCUT2D eigenvalue weighted by Gasteiger charge is 2.35. The number of carbonyl (C=O) groups excluding carboxylic acids is 1.